The van der Waals surface area contributed by atoms with Crippen molar-refractivity contribution in [3.63, 3.8) is 0 Å². The third kappa shape index (κ3) is 12.2. The molecule has 0 spiro atoms. The third-order valence-electron chi connectivity index (χ3n) is 9.81. The van der Waals surface area contributed by atoms with Crippen molar-refractivity contribution in [2.75, 3.05) is 0 Å². The van der Waals surface area contributed by atoms with E-state index in [2.05, 4.69) is 202 Å². The van der Waals surface area contributed by atoms with E-state index in [0.29, 0.717) is 0 Å². The van der Waals surface area contributed by atoms with E-state index in [-0.39, 0.29) is 87.8 Å². The molecule has 0 aromatic heterocycles. The summed E-state index contributed by atoms with van der Waals surface area (Å²) in [5, 5.41) is 3.07. The molecular weight excluding hydrogens is 824 g/mol. The van der Waals surface area contributed by atoms with Gasteiger partial charge in [-0.1, -0.05) is 155 Å². The molecule has 0 aliphatic heterocycles. The van der Waals surface area contributed by atoms with Crippen LogP contribution in [0.2, 0.25) is 65.5 Å². The monoisotopic (exact) mass is 888 g/mol. The zero-order valence-electron chi connectivity index (χ0n) is 34.2. The van der Waals surface area contributed by atoms with Crippen LogP contribution in [0.3, 0.4) is 0 Å². The molecule has 0 N–H and O–H groups in total. The molecule has 0 bridgehead atoms. The van der Waals surface area contributed by atoms with Crippen molar-refractivity contribution >= 4 is 53.0 Å². The van der Waals surface area contributed by atoms with Gasteiger partial charge in [0.25, 0.3) is 0 Å². The van der Waals surface area contributed by atoms with Gasteiger partial charge < -0.3 is 24.8 Å². The average molecular weight is 890 g/mol. The molecule has 2 atom stereocenters. The molecule has 0 aromatic carbocycles. The topological polar surface area (TPSA) is 0 Å². The third-order valence-corrected chi connectivity index (χ3v) is 31.5. The van der Waals surface area contributed by atoms with Gasteiger partial charge in [-0.25, -0.2) is 22.5 Å². The Morgan fingerprint density at radius 3 is 1.06 bits per heavy atom. The quantitative estimate of drug-likeness (QED) is 0.184. The molecule has 2 unspecified atom stereocenters. The Morgan fingerprint density at radius 2 is 0.840 bits per heavy atom. The maximum absolute atomic E-state index is 3.69. The van der Waals surface area contributed by atoms with Crippen molar-refractivity contribution in [2.45, 2.75) is 141 Å². The van der Waals surface area contributed by atoms with Crippen LogP contribution in [-0.4, -0.2) is 39.3 Å². The Kier molecular flexibility index (Phi) is 21.0. The van der Waals surface area contributed by atoms with Gasteiger partial charge in [0, 0.05) is 8.74 Å². The van der Waals surface area contributed by atoms with E-state index < -0.39 is 30.6 Å². The second-order valence-electron chi connectivity index (χ2n) is 18.7. The van der Waals surface area contributed by atoms with Crippen molar-refractivity contribution < 1.29 is 68.2 Å². The summed E-state index contributed by atoms with van der Waals surface area (Å²) in [7, 11) is -5.98. The first-order valence-corrected chi connectivity index (χ1v) is 33.6. The summed E-state index contributed by atoms with van der Waals surface area (Å²) in [6, 6.07) is 0. The second-order valence-corrected chi connectivity index (χ2v) is 47.5. The SMILES string of the molecule is CC(C)(C)C1=CC=CCC1(S[Si](C)(C)C)[Si](C)(C)C1=[C-]CC=C1.CC(C)(C)C1=CC=CCC1(S[Si](C)(C)C)[Si](C)(C)C1=[C-]CC=C1.[Cl-].[Cl-].[Ti+2].[Ti+2]. The zero-order chi connectivity index (χ0) is 35.0. The molecule has 10 heteroatoms. The number of halogens is 2. The Hall–Kier alpha value is 1.50. The molecule has 0 fully saturated rings. The largest absolute Gasteiger partial charge is 2.00 e. The van der Waals surface area contributed by atoms with Crippen LogP contribution in [0.5, 0.6) is 0 Å². The van der Waals surface area contributed by atoms with Crippen LogP contribution in [0.25, 0.3) is 0 Å². The van der Waals surface area contributed by atoms with Crippen molar-refractivity contribution in [3.8, 4) is 0 Å². The molecule has 0 radical (unpaired) electrons. The Bertz CT molecular complexity index is 1290. The van der Waals surface area contributed by atoms with Crippen LogP contribution in [0.4, 0.5) is 0 Å². The summed E-state index contributed by atoms with van der Waals surface area (Å²) in [6.07, 6.45) is 35.4. The molecule has 4 aliphatic rings. The van der Waals surface area contributed by atoms with Crippen molar-refractivity contribution in [1.82, 2.24) is 0 Å². The molecule has 0 saturated carbocycles. The summed E-state index contributed by atoms with van der Waals surface area (Å²) in [4.78, 5) is 0. The molecule has 0 heterocycles. The van der Waals surface area contributed by atoms with Gasteiger partial charge in [0.2, 0.25) is 0 Å². The zero-order valence-corrected chi connectivity index (χ0v) is 44.4. The average Bonchev–Trinajstić information content (AvgIpc) is 3.62. The second kappa shape index (κ2) is 19.6. The maximum Gasteiger partial charge on any atom is 2.00 e. The van der Waals surface area contributed by atoms with Crippen LogP contribution in [-0.2, 0) is 43.4 Å². The predicted molar refractivity (Wildman–Crippen MR) is 226 cm³/mol. The molecule has 0 nitrogen and oxygen atoms in total. The van der Waals surface area contributed by atoms with Crippen molar-refractivity contribution in [3.05, 3.63) is 94.5 Å². The van der Waals surface area contributed by atoms with E-state index in [1.165, 1.54) is 23.2 Å². The number of hydrogen-bond donors (Lipinski definition) is 0. The number of allylic oxidation sites excluding steroid dienone is 14. The Balaban J connectivity index is 0. The Labute approximate surface area is 364 Å². The molecule has 50 heavy (non-hydrogen) atoms. The number of hydrogen-bond acceptors (Lipinski definition) is 2. The van der Waals surface area contributed by atoms with Gasteiger partial charge in [-0.2, -0.15) is 34.6 Å². The van der Waals surface area contributed by atoms with Gasteiger partial charge in [-0.05, 0) is 23.7 Å². The standard InChI is InChI=1S/2C20H33SSi2.2ClH.2Ti/c2*1-19(2,3)18-15-11-12-16-20(18,21-22(4,5)6)23(7,8)17-13-9-10-14-17;;;;/h2*9,11-13,15H,10,16H2,1-8H3;2*1H;;/q2*-1;;;2*+2/p-2. The first-order chi connectivity index (χ1) is 20.8. The fourth-order valence-electron chi connectivity index (χ4n) is 7.78. The molecule has 0 amide bonds. The van der Waals surface area contributed by atoms with E-state index in [1.54, 1.807) is 11.1 Å². The van der Waals surface area contributed by atoms with Gasteiger partial charge in [-0.3, -0.25) is 12.2 Å². The normalized spacial score (nSPS) is 23.5. The van der Waals surface area contributed by atoms with Gasteiger partial charge in [0.05, 0.1) is 16.1 Å². The maximum atomic E-state index is 3.69. The molecule has 276 valence electrons. The minimum absolute atomic E-state index is 0. The van der Waals surface area contributed by atoms with E-state index >= 15 is 0 Å². The molecule has 4 aliphatic carbocycles. The fourth-order valence-corrected chi connectivity index (χ4v) is 38.0. The van der Waals surface area contributed by atoms with E-state index in [1.807, 2.05) is 0 Å². The van der Waals surface area contributed by atoms with Gasteiger partial charge in [0.1, 0.15) is 14.4 Å². The van der Waals surface area contributed by atoms with Gasteiger partial charge >= 0.3 is 43.4 Å². The molecule has 0 saturated heterocycles. The van der Waals surface area contributed by atoms with Crippen LogP contribution >= 0.6 is 22.4 Å². The summed E-state index contributed by atoms with van der Waals surface area (Å²) < 4.78 is 0.531. The molecular formula is C40H66Cl2S2Si4Ti2. The van der Waals surface area contributed by atoms with Gasteiger partial charge in [0.15, 0.2) is 0 Å². The summed E-state index contributed by atoms with van der Waals surface area (Å²) in [5.41, 5.74) is 3.74. The van der Waals surface area contributed by atoms with Crippen molar-refractivity contribution in [1.29, 1.82) is 0 Å². The van der Waals surface area contributed by atoms with Crippen molar-refractivity contribution in [2.24, 2.45) is 10.8 Å². The van der Waals surface area contributed by atoms with E-state index in [9.17, 15) is 0 Å². The van der Waals surface area contributed by atoms with Crippen LogP contribution in [0.1, 0.15) is 67.2 Å². The molecule has 4 rings (SSSR count). The minimum atomic E-state index is -1.71. The first-order valence-electron chi connectivity index (χ1n) is 17.5. The van der Waals surface area contributed by atoms with E-state index in [0.717, 1.165) is 12.8 Å². The van der Waals surface area contributed by atoms with Crippen LogP contribution in [0, 0.1) is 23.0 Å². The first kappa shape index (κ1) is 53.6. The Morgan fingerprint density at radius 1 is 0.540 bits per heavy atom. The predicted octanol–water partition coefficient (Wildman–Crippen LogP) is 7.41. The van der Waals surface area contributed by atoms with Gasteiger partial charge in [-0.15, -0.1) is 12.8 Å². The van der Waals surface area contributed by atoms with E-state index in [4.69, 9.17) is 0 Å². The minimum Gasteiger partial charge on any atom is -1.00 e. The smallest absolute Gasteiger partial charge is 1.00 e. The van der Waals surface area contributed by atoms with Crippen LogP contribution < -0.4 is 24.8 Å². The fraction of sp³-hybridized carbons (Fsp3) is 0.600. The number of rotatable bonds is 8. The molecule has 0 aromatic rings. The van der Waals surface area contributed by atoms with Crippen LogP contribution in [0.15, 0.2) is 82.3 Å². The summed E-state index contributed by atoms with van der Waals surface area (Å²) in [6.45, 7) is 39.7. The summed E-state index contributed by atoms with van der Waals surface area (Å²) >= 11 is 4.68. The summed E-state index contributed by atoms with van der Waals surface area (Å²) in [5.74, 6) is 0.